The van der Waals surface area contributed by atoms with Gasteiger partial charge < -0.3 is 5.32 Å². The number of benzene rings is 1. The fraction of sp³-hybridized carbons (Fsp3) is 0.222. The molecular formula is C9H7F3N2O3. The second-order valence-electron chi connectivity index (χ2n) is 3.20. The van der Waals surface area contributed by atoms with Crippen LogP contribution in [-0.2, 0) is 11.0 Å². The Balaban J connectivity index is 3.45. The minimum Gasteiger partial charge on any atom is -0.323 e. The van der Waals surface area contributed by atoms with Gasteiger partial charge in [0.15, 0.2) is 0 Å². The summed E-state index contributed by atoms with van der Waals surface area (Å²) in [7, 11) is 0. The van der Waals surface area contributed by atoms with E-state index in [0.717, 1.165) is 13.0 Å². The van der Waals surface area contributed by atoms with E-state index in [-0.39, 0.29) is 17.7 Å². The molecule has 0 aliphatic carbocycles. The zero-order chi connectivity index (χ0) is 13.2. The maximum atomic E-state index is 12.5. The number of hydrogen-bond donors (Lipinski definition) is 1. The van der Waals surface area contributed by atoms with Crippen LogP contribution in [0.4, 0.5) is 24.5 Å². The molecule has 0 bridgehead atoms. The van der Waals surface area contributed by atoms with Crippen LogP contribution in [0.1, 0.15) is 11.1 Å². The quantitative estimate of drug-likeness (QED) is 0.507. The summed E-state index contributed by atoms with van der Waals surface area (Å²) < 4.78 is 37.5. The molecule has 0 spiro atoms. The van der Waals surface area contributed by atoms with E-state index in [1.54, 1.807) is 0 Å². The topological polar surface area (TPSA) is 72.2 Å². The van der Waals surface area contributed by atoms with E-state index in [2.05, 4.69) is 0 Å². The summed E-state index contributed by atoms with van der Waals surface area (Å²) in [5.41, 5.74) is -2.36. The Labute approximate surface area is 93.4 Å². The van der Waals surface area contributed by atoms with E-state index in [1.165, 1.54) is 0 Å². The van der Waals surface area contributed by atoms with Crippen molar-refractivity contribution in [2.45, 2.75) is 13.1 Å². The summed E-state index contributed by atoms with van der Waals surface area (Å²) in [6, 6.07) is 1.32. The van der Waals surface area contributed by atoms with Gasteiger partial charge in [-0.2, -0.15) is 13.2 Å². The molecule has 8 heteroatoms. The Morgan fingerprint density at radius 2 is 2.00 bits per heavy atom. The summed E-state index contributed by atoms with van der Waals surface area (Å²) in [6.45, 7) is 1.16. The van der Waals surface area contributed by atoms with Crippen molar-refractivity contribution in [3.8, 4) is 0 Å². The van der Waals surface area contributed by atoms with Gasteiger partial charge in [-0.05, 0) is 18.6 Å². The maximum Gasteiger partial charge on any atom is 0.416 e. The minimum absolute atomic E-state index is 0.162. The fourth-order valence-corrected chi connectivity index (χ4v) is 1.33. The maximum absolute atomic E-state index is 12.5. The van der Waals surface area contributed by atoms with Crippen LogP contribution in [0.15, 0.2) is 12.1 Å². The van der Waals surface area contributed by atoms with E-state index in [1.807, 2.05) is 5.32 Å². The Kier molecular flexibility index (Phi) is 3.35. The van der Waals surface area contributed by atoms with Crippen LogP contribution in [0.3, 0.4) is 0 Å². The number of nitro benzene ring substituents is 1. The van der Waals surface area contributed by atoms with Gasteiger partial charge in [0, 0.05) is 6.07 Å². The minimum atomic E-state index is -4.67. The van der Waals surface area contributed by atoms with Crippen LogP contribution in [0.5, 0.6) is 0 Å². The van der Waals surface area contributed by atoms with Crippen molar-refractivity contribution in [2.24, 2.45) is 0 Å². The second-order valence-corrected chi connectivity index (χ2v) is 3.20. The number of carbonyl (C=O) groups is 1. The molecule has 0 heterocycles. The molecule has 1 amide bonds. The molecule has 0 aromatic heterocycles. The lowest BCUT2D eigenvalue weighted by molar-refractivity contribution is -0.384. The van der Waals surface area contributed by atoms with Gasteiger partial charge in [-0.15, -0.1) is 0 Å². The summed E-state index contributed by atoms with van der Waals surface area (Å²) >= 11 is 0. The van der Waals surface area contributed by atoms with E-state index < -0.39 is 22.4 Å². The van der Waals surface area contributed by atoms with Gasteiger partial charge >= 0.3 is 6.18 Å². The predicted octanol–water partition coefficient (Wildman–Crippen LogP) is 2.49. The van der Waals surface area contributed by atoms with Gasteiger partial charge in [0.1, 0.15) is 5.69 Å². The van der Waals surface area contributed by atoms with Crippen LogP contribution in [0, 0.1) is 17.0 Å². The van der Waals surface area contributed by atoms with E-state index in [0.29, 0.717) is 6.07 Å². The number of carbonyl (C=O) groups excluding carboxylic acids is 1. The van der Waals surface area contributed by atoms with Crippen LogP contribution in [0.2, 0.25) is 0 Å². The number of rotatable bonds is 3. The third-order valence-corrected chi connectivity index (χ3v) is 2.06. The van der Waals surface area contributed by atoms with Crippen LogP contribution in [0.25, 0.3) is 0 Å². The highest BCUT2D eigenvalue weighted by molar-refractivity contribution is 5.78. The van der Waals surface area contributed by atoms with Gasteiger partial charge in [0.05, 0.1) is 10.5 Å². The van der Waals surface area contributed by atoms with Gasteiger partial charge in [0.25, 0.3) is 5.69 Å². The molecule has 17 heavy (non-hydrogen) atoms. The molecule has 1 rings (SSSR count). The number of amides is 1. The van der Waals surface area contributed by atoms with Crippen molar-refractivity contribution in [3.05, 3.63) is 33.4 Å². The standard InChI is InChI=1S/C9H7F3N2O3/c1-5-2-7(13-4-15)8(14(16)17)3-6(5)9(10,11)12/h2-4H,1H3,(H,13,15). The Hall–Kier alpha value is -2.12. The number of aryl methyl sites for hydroxylation is 1. The van der Waals surface area contributed by atoms with Gasteiger partial charge in [-0.1, -0.05) is 0 Å². The number of alkyl halides is 3. The number of nitrogens with one attached hydrogen (secondary N) is 1. The number of hydrogen-bond acceptors (Lipinski definition) is 3. The van der Waals surface area contributed by atoms with Crippen molar-refractivity contribution < 1.29 is 22.9 Å². The number of nitrogens with zero attached hydrogens (tertiary/aromatic N) is 1. The van der Waals surface area contributed by atoms with E-state index >= 15 is 0 Å². The fourth-order valence-electron chi connectivity index (χ4n) is 1.33. The smallest absolute Gasteiger partial charge is 0.323 e. The first-order chi connectivity index (χ1) is 7.77. The van der Waals surface area contributed by atoms with Gasteiger partial charge in [-0.25, -0.2) is 0 Å². The zero-order valence-corrected chi connectivity index (χ0v) is 8.54. The van der Waals surface area contributed by atoms with Crippen LogP contribution in [-0.4, -0.2) is 11.3 Å². The van der Waals surface area contributed by atoms with Crippen molar-refractivity contribution in [2.75, 3.05) is 5.32 Å². The molecule has 5 nitrogen and oxygen atoms in total. The van der Waals surface area contributed by atoms with Crippen LogP contribution >= 0.6 is 0 Å². The average Bonchev–Trinajstić information content (AvgIpc) is 2.15. The number of halogens is 3. The van der Waals surface area contributed by atoms with Gasteiger partial charge in [-0.3, -0.25) is 14.9 Å². The molecule has 0 saturated heterocycles. The van der Waals surface area contributed by atoms with Crippen molar-refractivity contribution >= 4 is 17.8 Å². The van der Waals surface area contributed by atoms with E-state index in [9.17, 15) is 28.1 Å². The first kappa shape index (κ1) is 12.9. The van der Waals surface area contributed by atoms with Crippen LogP contribution < -0.4 is 5.32 Å². The van der Waals surface area contributed by atoms with E-state index in [4.69, 9.17) is 0 Å². The number of nitro groups is 1. The lowest BCUT2D eigenvalue weighted by atomic mass is 10.1. The highest BCUT2D eigenvalue weighted by atomic mass is 19.4. The molecule has 1 N–H and O–H groups in total. The normalized spacial score (nSPS) is 11.1. The molecule has 0 unspecified atom stereocenters. The molecule has 0 radical (unpaired) electrons. The average molecular weight is 248 g/mol. The lowest BCUT2D eigenvalue weighted by Gasteiger charge is -2.11. The molecule has 0 atom stereocenters. The first-order valence-corrected chi connectivity index (χ1v) is 4.33. The second kappa shape index (κ2) is 4.40. The van der Waals surface area contributed by atoms with Crippen molar-refractivity contribution in [1.29, 1.82) is 0 Å². The molecule has 0 saturated carbocycles. The highest BCUT2D eigenvalue weighted by Gasteiger charge is 2.35. The largest absolute Gasteiger partial charge is 0.416 e. The predicted molar refractivity (Wildman–Crippen MR) is 52.5 cm³/mol. The monoisotopic (exact) mass is 248 g/mol. The summed E-state index contributed by atoms with van der Waals surface area (Å²) in [6.07, 6.45) is -4.51. The Morgan fingerprint density at radius 3 is 2.41 bits per heavy atom. The number of anilines is 1. The summed E-state index contributed by atoms with van der Waals surface area (Å²) in [5, 5.41) is 12.6. The lowest BCUT2D eigenvalue weighted by Crippen LogP contribution is -2.10. The molecule has 1 aromatic rings. The SMILES string of the molecule is Cc1cc(NC=O)c([N+](=O)[O-])cc1C(F)(F)F. The summed E-state index contributed by atoms with van der Waals surface area (Å²) in [5.74, 6) is 0. The Morgan fingerprint density at radius 1 is 1.41 bits per heavy atom. The van der Waals surface area contributed by atoms with Gasteiger partial charge in [0.2, 0.25) is 6.41 Å². The molecule has 0 aliphatic heterocycles. The van der Waals surface area contributed by atoms with Crippen molar-refractivity contribution in [1.82, 2.24) is 0 Å². The summed E-state index contributed by atoms with van der Waals surface area (Å²) in [4.78, 5) is 19.8. The molecule has 92 valence electrons. The third kappa shape index (κ3) is 2.71. The Bertz CT molecular complexity index is 471. The highest BCUT2D eigenvalue weighted by Crippen LogP contribution is 2.37. The third-order valence-electron chi connectivity index (χ3n) is 2.06. The van der Waals surface area contributed by atoms with Crippen molar-refractivity contribution in [3.63, 3.8) is 0 Å². The molecule has 0 fully saturated rings. The zero-order valence-electron chi connectivity index (χ0n) is 8.54. The molecular weight excluding hydrogens is 241 g/mol. The first-order valence-electron chi connectivity index (χ1n) is 4.33. The molecule has 1 aromatic carbocycles. The molecule has 0 aliphatic rings.